The SMILES string of the molecule is C/C(=N\NC(=O)C(=O)Nc1ccc(C#N)cc1)c1ccccc1OC(=O)c1ccccc1Cl. The maximum Gasteiger partial charge on any atom is 0.345 e. The van der Waals surface area contributed by atoms with Gasteiger partial charge < -0.3 is 10.1 Å². The Kier molecular flexibility index (Phi) is 7.52. The van der Waals surface area contributed by atoms with Gasteiger partial charge in [-0.05, 0) is 55.5 Å². The molecule has 0 aliphatic carbocycles. The molecule has 0 spiro atoms. The Morgan fingerprint density at radius 2 is 1.55 bits per heavy atom. The Morgan fingerprint density at radius 1 is 0.909 bits per heavy atom. The molecule has 9 heteroatoms. The maximum atomic E-state index is 12.5. The quantitative estimate of drug-likeness (QED) is 0.196. The first kappa shape index (κ1) is 23.2. The molecule has 33 heavy (non-hydrogen) atoms. The zero-order valence-corrected chi connectivity index (χ0v) is 18.1. The topological polar surface area (TPSA) is 121 Å². The van der Waals surface area contributed by atoms with Crippen LogP contribution in [0.25, 0.3) is 0 Å². The van der Waals surface area contributed by atoms with Crippen LogP contribution in [0.4, 0.5) is 5.69 Å². The fourth-order valence-electron chi connectivity index (χ4n) is 2.70. The third-order valence-electron chi connectivity index (χ3n) is 4.38. The first-order valence-corrected chi connectivity index (χ1v) is 9.98. The molecule has 3 aromatic carbocycles. The zero-order valence-electron chi connectivity index (χ0n) is 17.3. The number of anilines is 1. The lowest BCUT2D eigenvalue weighted by atomic mass is 10.1. The van der Waals surface area contributed by atoms with Crippen LogP contribution in [0.1, 0.15) is 28.4 Å². The molecule has 0 atom stereocenters. The fraction of sp³-hybridized carbons (Fsp3) is 0.0417. The Labute approximate surface area is 194 Å². The molecule has 0 aliphatic rings. The molecular formula is C24H17ClN4O4. The van der Waals surface area contributed by atoms with Gasteiger partial charge in [-0.3, -0.25) is 9.59 Å². The van der Waals surface area contributed by atoms with Crippen molar-refractivity contribution < 1.29 is 19.1 Å². The number of amides is 2. The Hall–Kier alpha value is -4.48. The van der Waals surface area contributed by atoms with Crippen molar-refractivity contribution in [2.45, 2.75) is 6.92 Å². The first-order valence-electron chi connectivity index (χ1n) is 9.61. The van der Waals surface area contributed by atoms with Crippen LogP contribution in [0.2, 0.25) is 5.02 Å². The summed E-state index contributed by atoms with van der Waals surface area (Å²) in [4.78, 5) is 36.7. The van der Waals surface area contributed by atoms with Gasteiger partial charge in [-0.25, -0.2) is 10.2 Å². The molecule has 0 heterocycles. The highest BCUT2D eigenvalue weighted by Gasteiger charge is 2.17. The van der Waals surface area contributed by atoms with Crippen molar-refractivity contribution in [3.05, 3.63) is 94.5 Å². The molecule has 8 nitrogen and oxygen atoms in total. The summed E-state index contributed by atoms with van der Waals surface area (Å²) in [6.45, 7) is 1.58. The largest absolute Gasteiger partial charge is 0.422 e. The van der Waals surface area contributed by atoms with Crippen molar-refractivity contribution >= 4 is 40.8 Å². The second-order valence-electron chi connectivity index (χ2n) is 6.65. The number of para-hydroxylation sites is 1. The van der Waals surface area contributed by atoms with Gasteiger partial charge in [0.2, 0.25) is 0 Å². The molecule has 0 unspecified atom stereocenters. The van der Waals surface area contributed by atoms with Gasteiger partial charge in [0.05, 0.1) is 27.9 Å². The van der Waals surface area contributed by atoms with E-state index in [0.717, 1.165) is 0 Å². The minimum atomic E-state index is -0.996. The highest BCUT2D eigenvalue weighted by Crippen LogP contribution is 2.22. The van der Waals surface area contributed by atoms with Crippen LogP contribution in [0.15, 0.2) is 77.9 Å². The second kappa shape index (κ2) is 10.7. The van der Waals surface area contributed by atoms with Gasteiger partial charge >= 0.3 is 17.8 Å². The van der Waals surface area contributed by atoms with Gasteiger partial charge in [-0.2, -0.15) is 10.4 Å². The number of rotatable bonds is 5. The summed E-state index contributed by atoms with van der Waals surface area (Å²) in [5.41, 5.74) is 3.89. The number of carbonyl (C=O) groups is 3. The van der Waals surface area contributed by atoms with Gasteiger partial charge in [0.15, 0.2) is 0 Å². The third kappa shape index (κ3) is 6.03. The van der Waals surface area contributed by atoms with E-state index in [2.05, 4.69) is 15.8 Å². The Balaban J connectivity index is 1.68. The molecule has 0 fully saturated rings. The highest BCUT2D eigenvalue weighted by atomic mass is 35.5. The van der Waals surface area contributed by atoms with Crippen LogP contribution in [-0.2, 0) is 9.59 Å². The Morgan fingerprint density at radius 3 is 2.21 bits per heavy atom. The van der Waals surface area contributed by atoms with E-state index < -0.39 is 17.8 Å². The number of nitrogens with zero attached hydrogens (tertiary/aromatic N) is 2. The summed E-state index contributed by atoms with van der Waals surface area (Å²) in [7, 11) is 0. The van der Waals surface area contributed by atoms with E-state index in [9.17, 15) is 14.4 Å². The summed E-state index contributed by atoms with van der Waals surface area (Å²) >= 11 is 6.05. The van der Waals surface area contributed by atoms with Crippen LogP contribution in [0, 0.1) is 11.3 Å². The maximum absolute atomic E-state index is 12.5. The molecule has 0 aromatic heterocycles. The minimum absolute atomic E-state index is 0.205. The van der Waals surface area contributed by atoms with E-state index in [4.69, 9.17) is 21.6 Å². The van der Waals surface area contributed by atoms with Crippen molar-refractivity contribution in [2.75, 3.05) is 5.32 Å². The fourth-order valence-corrected chi connectivity index (χ4v) is 2.91. The van der Waals surface area contributed by atoms with Crippen LogP contribution >= 0.6 is 11.6 Å². The van der Waals surface area contributed by atoms with Crippen molar-refractivity contribution in [2.24, 2.45) is 5.10 Å². The van der Waals surface area contributed by atoms with E-state index in [0.29, 0.717) is 22.5 Å². The summed E-state index contributed by atoms with van der Waals surface area (Å²) < 4.78 is 5.47. The van der Waals surface area contributed by atoms with Gasteiger partial charge in [-0.15, -0.1) is 0 Å². The molecule has 0 saturated carbocycles. The number of hydrogen-bond donors (Lipinski definition) is 2. The van der Waals surface area contributed by atoms with Gasteiger partial charge in [0.1, 0.15) is 5.75 Å². The van der Waals surface area contributed by atoms with Crippen molar-refractivity contribution in [3.8, 4) is 11.8 Å². The summed E-state index contributed by atoms with van der Waals surface area (Å²) in [6, 6.07) is 21.1. The number of carbonyl (C=O) groups excluding carboxylic acids is 3. The van der Waals surface area contributed by atoms with E-state index in [-0.39, 0.29) is 16.3 Å². The van der Waals surface area contributed by atoms with E-state index >= 15 is 0 Å². The number of hydrazone groups is 1. The standard InChI is InChI=1S/C24H17ClN4O4/c1-15(28-29-23(31)22(30)27-17-12-10-16(14-26)11-13-17)18-6-3-5-9-21(18)33-24(32)19-7-2-4-8-20(19)25/h2-13H,1H3,(H,27,30)(H,29,31)/b28-15+. The van der Waals surface area contributed by atoms with E-state index in [1.807, 2.05) is 6.07 Å². The highest BCUT2D eigenvalue weighted by molar-refractivity contribution is 6.39. The number of nitriles is 1. The zero-order chi connectivity index (χ0) is 23.8. The predicted octanol–water partition coefficient (Wildman–Crippen LogP) is 3.91. The second-order valence-corrected chi connectivity index (χ2v) is 7.05. The Bertz CT molecular complexity index is 1280. The van der Waals surface area contributed by atoms with Crippen LogP contribution in [0.3, 0.4) is 0 Å². The third-order valence-corrected chi connectivity index (χ3v) is 4.71. The normalized spacial score (nSPS) is 10.6. The number of hydrogen-bond acceptors (Lipinski definition) is 6. The van der Waals surface area contributed by atoms with Gasteiger partial charge in [0.25, 0.3) is 0 Å². The lowest BCUT2D eigenvalue weighted by Crippen LogP contribution is -2.33. The molecular weight excluding hydrogens is 444 g/mol. The van der Waals surface area contributed by atoms with Gasteiger partial charge in [-0.1, -0.05) is 35.9 Å². The van der Waals surface area contributed by atoms with E-state index in [1.54, 1.807) is 55.5 Å². The van der Waals surface area contributed by atoms with Crippen LogP contribution in [-0.4, -0.2) is 23.5 Å². The summed E-state index contributed by atoms with van der Waals surface area (Å²) in [5.74, 6) is -2.37. The number of nitrogens with one attached hydrogen (secondary N) is 2. The molecule has 3 aromatic rings. The lowest BCUT2D eigenvalue weighted by molar-refractivity contribution is -0.136. The summed E-state index contributed by atoms with van der Waals surface area (Å²) in [6.07, 6.45) is 0. The average Bonchev–Trinajstić information content (AvgIpc) is 2.83. The smallest absolute Gasteiger partial charge is 0.345 e. The number of benzene rings is 3. The summed E-state index contributed by atoms with van der Waals surface area (Å²) in [5, 5.41) is 15.4. The van der Waals surface area contributed by atoms with Crippen molar-refractivity contribution in [1.82, 2.24) is 5.43 Å². The lowest BCUT2D eigenvalue weighted by Gasteiger charge is -2.11. The molecule has 2 amide bonds. The van der Waals surface area contributed by atoms with Crippen LogP contribution < -0.4 is 15.5 Å². The van der Waals surface area contributed by atoms with Crippen LogP contribution in [0.5, 0.6) is 5.75 Å². The molecule has 0 bridgehead atoms. The molecule has 0 aliphatic heterocycles. The monoisotopic (exact) mass is 460 g/mol. The van der Waals surface area contributed by atoms with Gasteiger partial charge in [0, 0.05) is 11.3 Å². The van der Waals surface area contributed by atoms with E-state index in [1.165, 1.54) is 24.3 Å². The number of halogens is 1. The van der Waals surface area contributed by atoms with Crippen molar-refractivity contribution in [3.63, 3.8) is 0 Å². The molecule has 164 valence electrons. The average molecular weight is 461 g/mol. The molecule has 0 radical (unpaired) electrons. The molecule has 3 rings (SSSR count). The molecule has 2 N–H and O–H groups in total. The molecule has 0 saturated heterocycles. The number of ether oxygens (including phenoxy) is 1. The first-order chi connectivity index (χ1) is 15.9. The minimum Gasteiger partial charge on any atom is -0.422 e. The van der Waals surface area contributed by atoms with Crippen molar-refractivity contribution in [1.29, 1.82) is 5.26 Å². The number of esters is 1. The predicted molar refractivity (Wildman–Crippen MR) is 123 cm³/mol.